The highest BCUT2D eigenvalue weighted by atomic mass is 15.1. The summed E-state index contributed by atoms with van der Waals surface area (Å²) in [5.74, 6) is 0.620. The Labute approximate surface area is 744 Å². The maximum atomic E-state index is 2.38. The molecular weight excluding hydrogens is 1540 g/mol. The van der Waals surface area contributed by atoms with Crippen LogP contribution in [0.15, 0.2) is 449 Å². The highest BCUT2D eigenvalue weighted by Gasteiger charge is 2.24. The fraction of sp³-hybridized carbons (Fsp3) is 0.0924. The first-order valence-corrected chi connectivity index (χ1v) is 42.8. The van der Waals surface area contributed by atoms with Crippen LogP contribution in [0.4, 0.5) is 17.1 Å². The highest BCUT2D eigenvalue weighted by molar-refractivity contribution is 6.15. The zero-order valence-corrected chi connectivity index (χ0v) is 70.5. The molecule has 2 atom stereocenters. The number of benzene rings is 17. The summed E-state index contributed by atoms with van der Waals surface area (Å²) in [4.78, 5) is 4.50. The van der Waals surface area contributed by atoms with Crippen LogP contribution in [0.2, 0.25) is 0 Å². The lowest BCUT2D eigenvalue weighted by molar-refractivity contribution is 0.380. The fourth-order valence-corrected chi connectivity index (χ4v) is 18.7. The Morgan fingerprint density at radius 3 is 0.906 bits per heavy atom. The van der Waals surface area contributed by atoms with Gasteiger partial charge in [0.05, 0.1) is 39.1 Å². The van der Waals surface area contributed by atoms with Gasteiger partial charge < -0.3 is 37.2 Å². The number of fused-ring (bicyclic) bond motifs is 19. The summed E-state index contributed by atoms with van der Waals surface area (Å²) in [5.41, 5.74) is 27.3. The molecule has 8 nitrogen and oxygen atoms in total. The van der Waals surface area contributed by atoms with Gasteiger partial charge in [0.25, 0.3) is 0 Å². The summed E-state index contributed by atoms with van der Waals surface area (Å²) >= 11 is 0. The molecule has 0 saturated carbocycles. The molecule has 25 rings (SSSR count). The van der Waals surface area contributed by atoms with E-state index in [1.165, 1.54) is 187 Å². The number of anilines is 3. The first kappa shape index (κ1) is 83.6. The molecule has 8 heteroatoms. The normalized spacial score (nSPS) is 13.0. The highest BCUT2D eigenvalue weighted by Crippen LogP contribution is 2.41. The molecule has 0 saturated heterocycles. The van der Waals surface area contributed by atoms with Gasteiger partial charge in [-0.15, -0.1) is 0 Å². The smallest absolute Gasteiger partial charge is 0.0565 e. The molecule has 0 radical (unpaired) electrons. The summed E-state index contributed by atoms with van der Waals surface area (Å²) < 4.78 is 13.9. The largest absolute Gasteiger partial charge is 0.373 e. The lowest BCUT2D eigenvalue weighted by Gasteiger charge is -2.25. The standard InChI is InChI=1S/C31H22N2.C25H18N2.C19H15N.C19H17N.C13H11N.C9H11N.3CH4/c1-32-28-13-7-5-11-24(28)26-19-21(15-17-29(26)32)22-16-18-31-27(20-22)25-12-6-8-14-30(25)33(31)23-9-3-2-4-10-23;1-26-22-11-5-2-10-20(22)21-16-17(14-15-23(21)26)27-24-12-6-3-8-18(24)19-9-4-7-13-25(19)27;1-14-11-12-19-17(13-14)16-9-5-6-10-18(16)20(19)15-7-3-2-4-8-15;1-16-12-14-19(15-13-16)20(17-8-4-2-5-9-17)18-10-6-3-7-11-18;1-14-12-8-4-2-6-10(12)11-7-3-5-9-13(11)14;1-10-7-6-8-4-2-3-5-9(8)10;;;/h2-20H,1H3;2-16H,1H3;2-13H,1H3;2-15H,1H3;2-9H,1H3;2-9H,1H3;3*1H4. The van der Waals surface area contributed by atoms with Gasteiger partial charge in [0, 0.05) is 166 Å². The van der Waals surface area contributed by atoms with E-state index in [1.807, 2.05) is 12.1 Å². The summed E-state index contributed by atoms with van der Waals surface area (Å²) in [6.45, 7) is 4.26. The van der Waals surface area contributed by atoms with Gasteiger partial charge in [-0.3, -0.25) is 0 Å². The molecule has 23 aromatic rings. The number of aromatic nitrogens is 6. The zero-order valence-electron chi connectivity index (χ0n) is 70.5. The molecule has 17 aromatic carbocycles. The third-order valence-electron chi connectivity index (χ3n) is 24.8. The van der Waals surface area contributed by atoms with E-state index < -0.39 is 0 Å². The third-order valence-corrected chi connectivity index (χ3v) is 24.8. The number of nitrogens with zero attached hydrogens (tertiary/aromatic N) is 8. The van der Waals surface area contributed by atoms with Crippen molar-refractivity contribution in [2.75, 3.05) is 11.9 Å². The van der Waals surface area contributed by atoms with Crippen molar-refractivity contribution < 1.29 is 0 Å². The maximum absolute atomic E-state index is 2.38. The van der Waals surface area contributed by atoms with Crippen LogP contribution in [-0.2, 0) is 21.1 Å². The minimum atomic E-state index is 0. The molecule has 0 N–H and O–H groups in total. The molecule has 2 aliphatic rings. The molecule has 1 aliphatic heterocycles. The molecule has 0 bridgehead atoms. The first-order valence-electron chi connectivity index (χ1n) is 42.8. The van der Waals surface area contributed by atoms with Crippen molar-refractivity contribution in [1.82, 2.24) is 32.3 Å². The van der Waals surface area contributed by atoms with E-state index in [0.29, 0.717) is 12.0 Å². The Morgan fingerprint density at radius 2 is 0.488 bits per heavy atom. The molecule has 7 heterocycles. The van der Waals surface area contributed by atoms with Crippen LogP contribution in [0.3, 0.4) is 0 Å². The summed E-state index contributed by atoms with van der Waals surface area (Å²) in [6, 6.07) is 147. The van der Waals surface area contributed by atoms with Gasteiger partial charge in [-0.05, 0) is 195 Å². The predicted molar refractivity (Wildman–Crippen MR) is 549 cm³/mol. The second-order valence-corrected chi connectivity index (χ2v) is 32.4. The minimum absolute atomic E-state index is 0. The van der Waals surface area contributed by atoms with Gasteiger partial charge in [-0.1, -0.05) is 313 Å². The van der Waals surface area contributed by atoms with Crippen LogP contribution in [0.5, 0.6) is 0 Å². The van der Waals surface area contributed by atoms with Crippen molar-refractivity contribution in [2.45, 2.75) is 42.2 Å². The predicted octanol–water partition coefficient (Wildman–Crippen LogP) is 31.9. The quantitative estimate of drug-likeness (QED) is 0.159. The van der Waals surface area contributed by atoms with Crippen LogP contribution >= 0.6 is 0 Å². The van der Waals surface area contributed by atoms with Crippen LogP contribution in [0.1, 0.15) is 33.4 Å². The Balaban J connectivity index is 0.000000111. The molecule has 622 valence electrons. The Hall–Kier alpha value is -15.6. The van der Waals surface area contributed by atoms with Gasteiger partial charge in [0.15, 0.2) is 0 Å². The average molecular weight is 1650 g/mol. The minimum Gasteiger partial charge on any atom is -0.373 e. The molecule has 6 aromatic heterocycles. The van der Waals surface area contributed by atoms with Gasteiger partial charge in [-0.2, -0.15) is 0 Å². The van der Waals surface area contributed by atoms with E-state index in [-0.39, 0.29) is 22.3 Å². The molecule has 2 unspecified atom stereocenters. The second-order valence-electron chi connectivity index (χ2n) is 32.4. The lowest BCUT2D eigenvalue weighted by Crippen LogP contribution is -2.26. The summed E-state index contributed by atoms with van der Waals surface area (Å²) in [5, 5.41) is 15.7. The van der Waals surface area contributed by atoms with Gasteiger partial charge in [0.1, 0.15) is 0 Å². The topological polar surface area (TPSA) is 36.1 Å². The number of likely N-dealkylation sites (N-methyl/N-ethyl adjacent to an activating group) is 1. The number of hydrogen-bond acceptors (Lipinski definition) is 2. The van der Waals surface area contributed by atoms with Crippen molar-refractivity contribution in [2.24, 2.45) is 27.1 Å². The number of aryl methyl sites for hydroxylation is 5. The van der Waals surface area contributed by atoms with Gasteiger partial charge >= 0.3 is 0 Å². The van der Waals surface area contributed by atoms with Crippen molar-refractivity contribution in [3.8, 4) is 28.2 Å². The number of para-hydroxylation sites is 12. The van der Waals surface area contributed by atoms with Crippen LogP contribution in [0.25, 0.3) is 159 Å². The van der Waals surface area contributed by atoms with Gasteiger partial charge in [0.2, 0.25) is 0 Å². The van der Waals surface area contributed by atoms with Crippen molar-refractivity contribution in [3.63, 3.8) is 0 Å². The van der Waals surface area contributed by atoms with Crippen molar-refractivity contribution in [3.05, 3.63) is 460 Å². The van der Waals surface area contributed by atoms with Crippen LogP contribution < -0.4 is 4.90 Å². The molecule has 0 spiro atoms. The monoisotopic (exact) mass is 1650 g/mol. The average Bonchev–Trinajstić information content (AvgIpc) is 1.60. The number of hydrogen-bond donors (Lipinski definition) is 0. The molecule has 0 amide bonds. The Kier molecular flexibility index (Phi) is 24.0. The van der Waals surface area contributed by atoms with E-state index in [4.69, 9.17) is 0 Å². The van der Waals surface area contributed by atoms with E-state index in [1.54, 1.807) is 0 Å². The van der Waals surface area contributed by atoms with E-state index in [2.05, 4.69) is 516 Å². The fourth-order valence-electron chi connectivity index (χ4n) is 18.7. The van der Waals surface area contributed by atoms with Gasteiger partial charge in [-0.25, -0.2) is 0 Å². The number of rotatable bonds is 7. The van der Waals surface area contributed by atoms with Crippen molar-refractivity contribution in [1.29, 1.82) is 0 Å². The van der Waals surface area contributed by atoms with E-state index in [0.717, 1.165) is 0 Å². The molecule has 1 aliphatic carbocycles. The molecule has 127 heavy (non-hydrogen) atoms. The summed E-state index contributed by atoms with van der Waals surface area (Å²) in [7, 11) is 8.52. The van der Waals surface area contributed by atoms with Crippen molar-refractivity contribution >= 4 is 148 Å². The lowest BCUT2D eigenvalue weighted by atomic mass is 9.97. The van der Waals surface area contributed by atoms with E-state index in [9.17, 15) is 0 Å². The van der Waals surface area contributed by atoms with Crippen LogP contribution in [-0.4, -0.2) is 45.4 Å². The second kappa shape index (κ2) is 36.4. The molecule has 0 fully saturated rings. The van der Waals surface area contributed by atoms with Crippen LogP contribution in [0, 0.1) is 19.8 Å². The number of allylic oxidation sites excluding steroid dienone is 2. The Bertz CT molecular complexity index is 7800. The maximum Gasteiger partial charge on any atom is 0.0565 e. The SMILES string of the molecule is C.C.C.CN1C=CC2C=CC=CC21.Cc1ccc(N(c2ccccc2)c2ccccc2)cc1.Cc1ccc2c(c1)c1ccccc1n2-c1ccccc1.Cn1c2ccccc2c2cc(-c3ccc4c(c3)c3ccccc3n4-c3ccccc3)ccc21.Cn1c2ccccc2c2cc(-n3c4ccccc4c4ccccc43)ccc21.Cn1c2ccccc2c2ccccc21. The zero-order chi connectivity index (χ0) is 83.7. The molecular formula is C119H106N8. The Morgan fingerprint density at radius 1 is 0.213 bits per heavy atom. The first-order chi connectivity index (χ1) is 61.1. The van der Waals surface area contributed by atoms with E-state index >= 15 is 0 Å². The third kappa shape index (κ3) is 15.8. The summed E-state index contributed by atoms with van der Waals surface area (Å²) in [6.07, 6.45) is 13.1.